The largest absolute Gasteiger partial charge is 0.310 e. The van der Waals surface area contributed by atoms with Gasteiger partial charge in [-0.25, -0.2) is 0 Å². The standard InChI is InChI=1S/C88H92N2.C9H12.C7H8/c1-9-13-15-17-21-77-61-88(86-58-56-84(60-66(86)8)90(80-49-41-74(42-50-80)70-33-25-64(6)26-34-70)82-53-45-76(46-54-82)72-37-29-68(20-12-4)30-38-72)78(22-18-16-14-10-2)62-87(77)85-57-55-83(59-65(85)7)89(79-47-39-73(40-48-79)69-31-23-63(5)24-32-69)81-51-43-75(44-52-81)71-35-27-67(19-11-3)28-36-71;1-7-4-8(2)6-9(3)5-7;1-7-5-3-2-4-6-7/h23-62H,9-22H2,1-8H3;4-6H,1-3H3;2-6H,1H3. The van der Waals surface area contributed by atoms with Gasteiger partial charge in [0, 0.05) is 34.1 Å². The van der Waals surface area contributed by atoms with Gasteiger partial charge in [-0.2, -0.15) is 0 Å². The molecule has 0 saturated heterocycles. The van der Waals surface area contributed by atoms with Crippen molar-refractivity contribution in [2.75, 3.05) is 9.80 Å². The summed E-state index contributed by atoms with van der Waals surface area (Å²) in [5.41, 5.74) is 38.2. The molecule has 0 heterocycles. The number of nitrogens with zero attached hydrogens (tertiary/aromatic N) is 2. The monoisotopic (exact) mass is 1390 g/mol. The van der Waals surface area contributed by atoms with Gasteiger partial charge in [-0.1, -0.05) is 331 Å². The third-order valence-electron chi connectivity index (χ3n) is 20.7. The molecule has 13 aromatic carbocycles. The van der Waals surface area contributed by atoms with Crippen molar-refractivity contribution in [1.29, 1.82) is 0 Å². The molecule has 0 aliphatic heterocycles. The fourth-order valence-electron chi connectivity index (χ4n) is 14.9. The molecule has 0 aliphatic carbocycles. The maximum absolute atomic E-state index is 2.61. The second-order valence-corrected chi connectivity index (χ2v) is 29.6. The Morgan fingerprint density at radius 2 is 0.472 bits per heavy atom. The lowest BCUT2D eigenvalue weighted by molar-refractivity contribution is 0.664. The Balaban J connectivity index is 0.000000620. The second kappa shape index (κ2) is 37.9. The highest BCUT2D eigenvalue weighted by Gasteiger charge is 2.22. The average Bonchev–Trinajstić information content (AvgIpc) is 0.787. The van der Waals surface area contributed by atoms with E-state index in [0.29, 0.717) is 0 Å². The summed E-state index contributed by atoms with van der Waals surface area (Å²) in [6.07, 6.45) is 16.3. The van der Waals surface area contributed by atoms with Gasteiger partial charge in [0.05, 0.1) is 0 Å². The highest BCUT2D eigenvalue weighted by atomic mass is 15.1. The van der Waals surface area contributed by atoms with Crippen molar-refractivity contribution in [3.63, 3.8) is 0 Å². The molecular weight excluding hydrogens is 1280 g/mol. The Morgan fingerprint density at radius 1 is 0.198 bits per heavy atom. The smallest absolute Gasteiger partial charge is 0.0464 e. The van der Waals surface area contributed by atoms with Gasteiger partial charge in [0.15, 0.2) is 0 Å². The van der Waals surface area contributed by atoms with E-state index >= 15 is 0 Å². The summed E-state index contributed by atoms with van der Waals surface area (Å²) < 4.78 is 0. The first-order chi connectivity index (χ1) is 51.6. The van der Waals surface area contributed by atoms with E-state index in [-0.39, 0.29) is 0 Å². The normalized spacial score (nSPS) is 11.0. The third kappa shape index (κ3) is 20.5. The van der Waals surface area contributed by atoms with Gasteiger partial charge in [-0.3, -0.25) is 0 Å². The SMILES string of the molecule is CCCCCCc1cc(-c2ccc(N(c3ccc(-c4ccc(C)cc4)cc3)c3ccc(-c4ccc(CCC)cc4)cc3)cc2C)c(CCCCCC)cc1-c1ccc(N(c2ccc(-c3ccc(C)cc3)cc2)c2ccc(-c3ccc(CCC)cc3)cc2)cc1C.Cc1cc(C)cc(C)c1.Cc1ccccc1. The predicted octanol–water partition coefficient (Wildman–Crippen LogP) is 30.6. The molecule has 0 bridgehead atoms. The summed E-state index contributed by atoms with van der Waals surface area (Å²) >= 11 is 0. The number of unbranched alkanes of at least 4 members (excludes halogenated alkanes) is 6. The zero-order chi connectivity index (χ0) is 74.3. The third-order valence-corrected chi connectivity index (χ3v) is 20.7. The van der Waals surface area contributed by atoms with Crippen molar-refractivity contribution >= 4 is 34.1 Å². The summed E-state index contributed by atoms with van der Waals surface area (Å²) in [6, 6.07) is 109. The van der Waals surface area contributed by atoms with Crippen LogP contribution >= 0.6 is 0 Å². The quantitative estimate of drug-likeness (QED) is 0.0499. The predicted molar refractivity (Wildman–Crippen MR) is 463 cm³/mol. The maximum atomic E-state index is 2.61. The first-order valence-corrected chi connectivity index (χ1v) is 39.4. The molecule has 13 rings (SSSR count). The van der Waals surface area contributed by atoms with Crippen LogP contribution in [0.5, 0.6) is 0 Å². The Bertz CT molecular complexity index is 4550. The van der Waals surface area contributed by atoms with Crippen LogP contribution in [-0.2, 0) is 25.7 Å². The molecule has 538 valence electrons. The highest BCUT2D eigenvalue weighted by molar-refractivity contribution is 5.87. The van der Waals surface area contributed by atoms with Gasteiger partial charge in [0.1, 0.15) is 0 Å². The van der Waals surface area contributed by atoms with Crippen molar-refractivity contribution in [3.05, 3.63) is 358 Å². The molecule has 0 amide bonds. The topological polar surface area (TPSA) is 6.48 Å². The summed E-state index contributed by atoms with van der Waals surface area (Å²) in [5.74, 6) is 0. The molecule has 0 saturated carbocycles. The minimum absolute atomic E-state index is 1.04. The van der Waals surface area contributed by atoms with Gasteiger partial charge >= 0.3 is 0 Å². The van der Waals surface area contributed by atoms with Crippen LogP contribution in [0, 0.1) is 55.4 Å². The van der Waals surface area contributed by atoms with E-state index in [1.165, 1.54) is 172 Å². The molecule has 0 radical (unpaired) electrons. The first-order valence-electron chi connectivity index (χ1n) is 39.4. The van der Waals surface area contributed by atoms with E-state index < -0.39 is 0 Å². The highest BCUT2D eigenvalue weighted by Crippen LogP contribution is 2.44. The molecule has 13 aromatic rings. The Kier molecular flexibility index (Phi) is 27.4. The average molecular weight is 1390 g/mol. The maximum Gasteiger partial charge on any atom is 0.0464 e. The van der Waals surface area contributed by atoms with E-state index in [2.05, 4.69) is 366 Å². The molecule has 2 heteroatoms. The number of benzene rings is 13. The van der Waals surface area contributed by atoms with E-state index in [4.69, 9.17) is 0 Å². The van der Waals surface area contributed by atoms with Crippen LogP contribution in [-0.4, -0.2) is 0 Å². The van der Waals surface area contributed by atoms with Crippen molar-refractivity contribution in [2.24, 2.45) is 0 Å². The van der Waals surface area contributed by atoms with Crippen LogP contribution in [0.4, 0.5) is 34.1 Å². The van der Waals surface area contributed by atoms with Crippen molar-refractivity contribution in [2.45, 2.75) is 173 Å². The second-order valence-electron chi connectivity index (χ2n) is 29.6. The van der Waals surface area contributed by atoms with Gasteiger partial charge in [-0.15, -0.1) is 0 Å². The minimum Gasteiger partial charge on any atom is -0.310 e. The number of hydrogen-bond donors (Lipinski definition) is 0. The first kappa shape index (κ1) is 76.6. The zero-order valence-corrected chi connectivity index (χ0v) is 65.5. The van der Waals surface area contributed by atoms with Gasteiger partial charge in [0.2, 0.25) is 0 Å². The van der Waals surface area contributed by atoms with Crippen LogP contribution in [0.2, 0.25) is 0 Å². The molecular formula is C104H112N2. The molecule has 0 N–H and O–H groups in total. The van der Waals surface area contributed by atoms with Crippen LogP contribution in [0.15, 0.2) is 291 Å². The van der Waals surface area contributed by atoms with Crippen LogP contribution < -0.4 is 9.80 Å². The van der Waals surface area contributed by atoms with Gasteiger partial charge < -0.3 is 9.80 Å². The van der Waals surface area contributed by atoms with E-state index in [0.717, 1.165) is 85.5 Å². The summed E-state index contributed by atoms with van der Waals surface area (Å²) in [6.45, 7) is 26.6. The summed E-state index contributed by atoms with van der Waals surface area (Å²) in [7, 11) is 0. The Labute approximate surface area is 637 Å². The molecule has 0 aliphatic rings. The lowest BCUT2D eigenvalue weighted by atomic mass is 9.84. The van der Waals surface area contributed by atoms with Gasteiger partial charge in [-0.05, 0) is 267 Å². The minimum atomic E-state index is 1.04. The summed E-state index contributed by atoms with van der Waals surface area (Å²) in [4.78, 5) is 4.88. The number of hydrogen-bond acceptors (Lipinski definition) is 2. The number of aryl methyl sites for hydroxylation is 12. The summed E-state index contributed by atoms with van der Waals surface area (Å²) in [5, 5.41) is 0. The van der Waals surface area contributed by atoms with Crippen molar-refractivity contribution in [1.82, 2.24) is 0 Å². The van der Waals surface area contributed by atoms with Crippen molar-refractivity contribution in [3.8, 4) is 66.8 Å². The van der Waals surface area contributed by atoms with Crippen LogP contribution in [0.1, 0.15) is 159 Å². The Morgan fingerprint density at radius 3 is 0.736 bits per heavy atom. The molecule has 0 fully saturated rings. The van der Waals surface area contributed by atoms with E-state index in [1.807, 2.05) is 18.2 Å². The fraction of sp³-hybridized carbons (Fsp3) is 0.250. The van der Waals surface area contributed by atoms with Gasteiger partial charge in [0.25, 0.3) is 0 Å². The van der Waals surface area contributed by atoms with E-state index in [1.54, 1.807) is 0 Å². The zero-order valence-electron chi connectivity index (χ0n) is 65.5. The molecule has 0 aromatic heterocycles. The molecule has 106 heavy (non-hydrogen) atoms. The van der Waals surface area contributed by atoms with Crippen LogP contribution in [0.3, 0.4) is 0 Å². The van der Waals surface area contributed by atoms with E-state index in [9.17, 15) is 0 Å². The number of rotatable bonds is 26. The number of anilines is 6. The fourth-order valence-corrected chi connectivity index (χ4v) is 14.9. The lowest BCUT2D eigenvalue weighted by Crippen LogP contribution is -2.10. The Hall–Kier alpha value is -10.5. The molecule has 2 nitrogen and oxygen atoms in total. The van der Waals surface area contributed by atoms with Crippen LogP contribution in [0.25, 0.3) is 66.8 Å². The molecule has 0 spiro atoms. The lowest BCUT2D eigenvalue weighted by Gasteiger charge is -2.28. The van der Waals surface area contributed by atoms with Crippen molar-refractivity contribution < 1.29 is 0 Å². The molecule has 0 unspecified atom stereocenters. The molecule has 0 atom stereocenters.